The van der Waals surface area contributed by atoms with Crippen LogP contribution in [0.25, 0.3) is 0 Å². The number of hydrogen-bond acceptors (Lipinski definition) is 3. The van der Waals surface area contributed by atoms with Crippen molar-refractivity contribution in [1.82, 2.24) is 15.6 Å². The molecule has 0 saturated carbocycles. The molecule has 6 heteroatoms. The second-order valence-electron chi connectivity index (χ2n) is 6.52. The van der Waals surface area contributed by atoms with E-state index in [4.69, 9.17) is 11.6 Å². The third kappa shape index (κ3) is 4.72. The van der Waals surface area contributed by atoms with E-state index < -0.39 is 0 Å². The first-order valence-corrected chi connectivity index (χ1v) is 8.64. The molecule has 0 bridgehead atoms. The maximum Gasteiger partial charge on any atom is 0.226 e. The molecule has 2 aromatic rings. The normalized spacial score (nSPS) is 17.2. The van der Waals surface area contributed by atoms with Crippen LogP contribution in [-0.4, -0.2) is 24.0 Å². The van der Waals surface area contributed by atoms with Gasteiger partial charge in [0.25, 0.3) is 0 Å². The summed E-state index contributed by atoms with van der Waals surface area (Å²) < 4.78 is 0. The lowest BCUT2D eigenvalue weighted by Crippen LogP contribution is -2.47. The number of nitrogens with zero attached hydrogens (tertiary/aromatic N) is 1. The Morgan fingerprint density at radius 3 is 2.48 bits per heavy atom. The molecule has 2 N–H and O–H groups in total. The van der Waals surface area contributed by atoms with E-state index in [1.807, 2.05) is 49.4 Å². The van der Waals surface area contributed by atoms with E-state index in [0.29, 0.717) is 5.02 Å². The summed E-state index contributed by atoms with van der Waals surface area (Å²) in [4.78, 5) is 17.4. The number of piperidine rings is 1. The average Bonchev–Trinajstić information content (AvgIpc) is 2.62. The van der Waals surface area contributed by atoms with Crippen molar-refractivity contribution in [1.29, 1.82) is 0 Å². The zero-order valence-electron chi connectivity index (χ0n) is 14.2. The molecule has 1 unspecified atom stereocenters. The second-order valence-corrected chi connectivity index (χ2v) is 6.96. The fourth-order valence-corrected chi connectivity index (χ4v) is 3.17. The van der Waals surface area contributed by atoms with Gasteiger partial charge in [0.1, 0.15) is 0 Å². The lowest BCUT2D eigenvalue weighted by Gasteiger charge is -2.34. The SMILES string of the molecule is CC1(C(=O)NC(c2ccc(Cl)cc2)c2ccccn2)CCNCC1.Cl. The molecule has 0 spiro atoms. The predicted molar refractivity (Wildman–Crippen MR) is 103 cm³/mol. The Kier molecular flexibility index (Phi) is 6.82. The van der Waals surface area contributed by atoms with E-state index >= 15 is 0 Å². The molecule has 25 heavy (non-hydrogen) atoms. The summed E-state index contributed by atoms with van der Waals surface area (Å²) in [7, 11) is 0. The summed E-state index contributed by atoms with van der Waals surface area (Å²) in [6.07, 6.45) is 3.43. The number of amides is 1. The van der Waals surface area contributed by atoms with Crippen LogP contribution in [0.1, 0.15) is 37.1 Å². The van der Waals surface area contributed by atoms with Crippen molar-refractivity contribution in [2.75, 3.05) is 13.1 Å². The number of pyridine rings is 1. The molecule has 1 fully saturated rings. The monoisotopic (exact) mass is 379 g/mol. The molecule has 134 valence electrons. The summed E-state index contributed by atoms with van der Waals surface area (Å²) in [5, 5.41) is 7.19. The summed E-state index contributed by atoms with van der Waals surface area (Å²) in [5.74, 6) is 0.0783. The van der Waals surface area contributed by atoms with E-state index in [1.54, 1.807) is 6.20 Å². The van der Waals surface area contributed by atoms with Gasteiger partial charge in [0.05, 0.1) is 11.7 Å². The predicted octanol–water partition coefficient (Wildman–Crippen LogP) is 3.75. The average molecular weight is 380 g/mol. The van der Waals surface area contributed by atoms with E-state index in [9.17, 15) is 4.79 Å². The molecule has 0 aliphatic carbocycles. The van der Waals surface area contributed by atoms with Gasteiger partial charge >= 0.3 is 0 Å². The minimum absolute atomic E-state index is 0. The highest BCUT2D eigenvalue weighted by molar-refractivity contribution is 6.30. The highest BCUT2D eigenvalue weighted by Gasteiger charge is 2.36. The van der Waals surface area contributed by atoms with Gasteiger partial charge in [-0.2, -0.15) is 0 Å². The minimum atomic E-state index is -0.343. The van der Waals surface area contributed by atoms with Crippen molar-refractivity contribution in [3.8, 4) is 0 Å². The van der Waals surface area contributed by atoms with Gasteiger partial charge in [-0.3, -0.25) is 9.78 Å². The van der Waals surface area contributed by atoms with Crippen molar-refractivity contribution in [2.24, 2.45) is 5.41 Å². The first kappa shape index (κ1) is 19.7. The molecule has 1 saturated heterocycles. The number of rotatable bonds is 4. The Bertz CT molecular complexity index is 686. The molecule has 1 aromatic heterocycles. The zero-order chi connectivity index (χ0) is 17.0. The summed E-state index contributed by atoms with van der Waals surface area (Å²) in [5.41, 5.74) is 1.46. The number of halogens is 2. The molecule has 3 rings (SSSR count). The maximum atomic E-state index is 13.0. The maximum absolute atomic E-state index is 13.0. The quantitative estimate of drug-likeness (QED) is 0.850. The lowest BCUT2D eigenvalue weighted by molar-refractivity contribution is -0.132. The van der Waals surface area contributed by atoms with Crippen LogP contribution < -0.4 is 10.6 Å². The number of hydrogen-bond donors (Lipinski definition) is 2. The first-order chi connectivity index (χ1) is 11.6. The van der Waals surface area contributed by atoms with Crippen LogP contribution in [0.4, 0.5) is 0 Å². The fraction of sp³-hybridized carbons (Fsp3) is 0.368. The lowest BCUT2D eigenvalue weighted by atomic mass is 9.80. The molecule has 1 amide bonds. The van der Waals surface area contributed by atoms with Gasteiger partial charge in [-0.05, 0) is 55.8 Å². The van der Waals surface area contributed by atoms with Gasteiger partial charge in [-0.25, -0.2) is 0 Å². The molecular weight excluding hydrogens is 357 g/mol. The largest absolute Gasteiger partial charge is 0.343 e. The molecule has 1 aliphatic heterocycles. The number of carbonyl (C=O) groups excluding carboxylic acids is 1. The van der Waals surface area contributed by atoms with E-state index in [1.165, 1.54) is 0 Å². The first-order valence-electron chi connectivity index (χ1n) is 8.27. The van der Waals surface area contributed by atoms with Crippen molar-refractivity contribution < 1.29 is 4.79 Å². The summed E-state index contributed by atoms with van der Waals surface area (Å²) >= 11 is 6.00. The highest BCUT2D eigenvalue weighted by atomic mass is 35.5. The van der Waals surface area contributed by atoms with Crippen LogP contribution in [0.3, 0.4) is 0 Å². The van der Waals surface area contributed by atoms with Crippen molar-refractivity contribution >= 4 is 29.9 Å². The van der Waals surface area contributed by atoms with E-state index in [2.05, 4.69) is 15.6 Å². The molecule has 1 aliphatic rings. The van der Waals surface area contributed by atoms with Gasteiger partial charge in [0.2, 0.25) is 5.91 Å². The van der Waals surface area contributed by atoms with Crippen LogP contribution in [0.2, 0.25) is 5.02 Å². The number of benzene rings is 1. The molecular formula is C19H23Cl2N3O. The Balaban J connectivity index is 0.00000225. The Labute approximate surface area is 159 Å². The summed E-state index contributed by atoms with van der Waals surface area (Å²) in [6, 6.07) is 13.0. The van der Waals surface area contributed by atoms with Crippen molar-refractivity contribution in [2.45, 2.75) is 25.8 Å². The second kappa shape index (κ2) is 8.65. The van der Waals surface area contributed by atoms with Crippen LogP contribution >= 0.6 is 24.0 Å². The van der Waals surface area contributed by atoms with Crippen LogP contribution in [0.15, 0.2) is 48.7 Å². The Morgan fingerprint density at radius 1 is 1.20 bits per heavy atom. The molecule has 2 heterocycles. The molecule has 1 atom stereocenters. The van der Waals surface area contributed by atoms with E-state index in [-0.39, 0.29) is 29.8 Å². The van der Waals surface area contributed by atoms with Gasteiger partial charge < -0.3 is 10.6 Å². The van der Waals surface area contributed by atoms with Gasteiger partial charge in [0, 0.05) is 16.6 Å². The number of aromatic nitrogens is 1. The fourth-order valence-electron chi connectivity index (χ4n) is 3.04. The molecule has 4 nitrogen and oxygen atoms in total. The smallest absolute Gasteiger partial charge is 0.226 e. The highest BCUT2D eigenvalue weighted by Crippen LogP contribution is 2.30. The summed E-state index contributed by atoms with van der Waals surface area (Å²) in [6.45, 7) is 3.79. The van der Waals surface area contributed by atoms with Crippen LogP contribution in [0, 0.1) is 5.41 Å². The third-order valence-corrected chi connectivity index (χ3v) is 4.97. The Hall–Kier alpha value is -1.62. The zero-order valence-corrected chi connectivity index (χ0v) is 15.7. The number of carbonyl (C=O) groups is 1. The Morgan fingerprint density at radius 2 is 1.88 bits per heavy atom. The molecule has 0 radical (unpaired) electrons. The van der Waals surface area contributed by atoms with Crippen molar-refractivity contribution in [3.63, 3.8) is 0 Å². The standard InChI is InChI=1S/C19H22ClN3O.ClH/c1-19(9-12-21-13-10-19)18(24)23-17(16-4-2-3-11-22-16)14-5-7-15(20)8-6-14;/h2-8,11,17,21H,9-10,12-13H2,1H3,(H,23,24);1H. The third-order valence-electron chi connectivity index (χ3n) is 4.72. The molecule has 1 aromatic carbocycles. The van der Waals surface area contributed by atoms with Crippen LogP contribution in [-0.2, 0) is 4.79 Å². The van der Waals surface area contributed by atoms with Crippen molar-refractivity contribution in [3.05, 3.63) is 64.9 Å². The topological polar surface area (TPSA) is 54.0 Å². The van der Waals surface area contributed by atoms with E-state index in [0.717, 1.165) is 37.2 Å². The number of nitrogens with one attached hydrogen (secondary N) is 2. The minimum Gasteiger partial charge on any atom is -0.343 e. The van der Waals surface area contributed by atoms with Gasteiger partial charge in [-0.15, -0.1) is 12.4 Å². The van der Waals surface area contributed by atoms with Crippen LogP contribution in [0.5, 0.6) is 0 Å². The van der Waals surface area contributed by atoms with Gasteiger partial charge in [-0.1, -0.05) is 36.7 Å². The van der Waals surface area contributed by atoms with Gasteiger partial charge in [0.15, 0.2) is 0 Å².